The average Bonchev–Trinajstić information content (AvgIpc) is 2.93. The summed E-state index contributed by atoms with van der Waals surface area (Å²) in [5, 5.41) is 0. The highest BCUT2D eigenvalue weighted by molar-refractivity contribution is 5.97. The normalized spacial score (nSPS) is 15.2. The number of imidazole rings is 1. The number of aryl methyl sites for hydroxylation is 1. The second kappa shape index (κ2) is 6.01. The Morgan fingerprint density at radius 3 is 2.64 bits per heavy atom. The maximum Gasteiger partial charge on any atom is 0.246 e. The van der Waals surface area contributed by atoms with Gasteiger partial charge in [-0.3, -0.25) is 9.59 Å². The second-order valence-electron chi connectivity index (χ2n) is 5.30. The molecule has 0 N–H and O–H groups in total. The largest absolute Gasteiger partial charge is 0.330 e. The maximum absolute atomic E-state index is 12.3. The Morgan fingerprint density at radius 2 is 2.00 bits per heavy atom. The minimum Gasteiger partial charge on any atom is -0.330 e. The second-order valence-corrected chi connectivity index (χ2v) is 5.30. The predicted molar refractivity (Wildman–Crippen MR) is 82.3 cm³/mol. The number of amides is 2. The standard InChI is InChI=1S/C16H18N4O2/c1-13-17-7-8-18(13)11-15(21)19-9-10-20(16(22)12-19)14-5-3-2-4-6-14/h2-8H,9-12H2,1H3. The lowest BCUT2D eigenvalue weighted by atomic mass is 10.2. The molecule has 0 spiro atoms. The quantitative estimate of drug-likeness (QED) is 0.851. The highest BCUT2D eigenvalue weighted by atomic mass is 16.2. The molecule has 0 saturated carbocycles. The summed E-state index contributed by atoms with van der Waals surface area (Å²) in [7, 11) is 0. The molecule has 0 aliphatic carbocycles. The van der Waals surface area contributed by atoms with Crippen LogP contribution in [0, 0.1) is 6.92 Å². The Labute approximate surface area is 129 Å². The minimum atomic E-state index is -0.0536. The molecule has 0 bridgehead atoms. The monoisotopic (exact) mass is 298 g/mol. The van der Waals surface area contributed by atoms with Crippen LogP contribution in [0.5, 0.6) is 0 Å². The zero-order chi connectivity index (χ0) is 15.5. The Bertz CT molecular complexity index is 680. The van der Waals surface area contributed by atoms with E-state index < -0.39 is 0 Å². The van der Waals surface area contributed by atoms with Crippen molar-refractivity contribution in [2.24, 2.45) is 0 Å². The van der Waals surface area contributed by atoms with Gasteiger partial charge < -0.3 is 14.4 Å². The third-order valence-corrected chi connectivity index (χ3v) is 3.87. The molecule has 3 rings (SSSR count). The van der Waals surface area contributed by atoms with Crippen molar-refractivity contribution in [3.05, 3.63) is 48.5 Å². The number of benzene rings is 1. The van der Waals surface area contributed by atoms with E-state index in [9.17, 15) is 9.59 Å². The zero-order valence-corrected chi connectivity index (χ0v) is 12.5. The molecule has 1 saturated heterocycles. The molecule has 1 aromatic heterocycles. The third-order valence-electron chi connectivity index (χ3n) is 3.87. The number of carbonyl (C=O) groups excluding carboxylic acids is 2. The van der Waals surface area contributed by atoms with E-state index in [2.05, 4.69) is 4.98 Å². The molecule has 1 fully saturated rings. The molecule has 114 valence electrons. The van der Waals surface area contributed by atoms with Gasteiger partial charge in [0.1, 0.15) is 18.9 Å². The predicted octanol–water partition coefficient (Wildman–Crippen LogP) is 1.07. The van der Waals surface area contributed by atoms with Crippen LogP contribution in [0.2, 0.25) is 0 Å². The Morgan fingerprint density at radius 1 is 1.23 bits per heavy atom. The first-order valence-corrected chi connectivity index (χ1v) is 7.26. The van der Waals surface area contributed by atoms with Crippen molar-refractivity contribution < 1.29 is 9.59 Å². The number of hydrogen-bond acceptors (Lipinski definition) is 3. The molecule has 2 amide bonds. The van der Waals surface area contributed by atoms with Gasteiger partial charge in [0.25, 0.3) is 0 Å². The van der Waals surface area contributed by atoms with Gasteiger partial charge in [-0.15, -0.1) is 0 Å². The summed E-state index contributed by atoms with van der Waals surface area (Å²) < 4.78 is 1.79. The maximum atomic E-state index is 12.3. The van der Waals surface area contributed by atoms with Crippen LogP contribution in [-0.4, -0.2) is 45.9 Å². The van der Waals surface area contributed by atoms with Crippen LogP contribution in [0.25, 0.3) is 0 Å². The van der Waals surface area contributed by atoms with Crippen LogP contribution in [0.1, 0.15) is 5.82 Å². The van der Waals surface area contributed by atoms with Crippen LogP contribution >= 0.6 is 0 Å². The number of aromatic nitrogens is 2. The van der Waals surface area contributed by atoms with Crippen molar-refractivity contribution in [3.8, 4) is 0 Å². The lowest BCUT2D eigenvalue weighted by molar-refractivity contribution is -0.137. The lowest BCUT2D eigenvalue weighted by Gasteiger charge is -2.34. The summed E-state index contributed by atoms with van der Waals surface area (Å²) in [6.45, 7) is 3.28. The number of piperazine rings is 1. The number of hydrogen-bond donors (Lipinski definition) is 0. The lowest BCUT2D eigenvalue weighted by Crippen LogP contribution is -2.53. The van der Waals surface area contributed by atoms with Gasteiger partial charge in [-0.25, -0.2) is 4.98 Å². The van der Waals surface area contributed by atoms with Gasteiger partial charge >= 0.3 is 0 Å². The number of nitrogens with zero attached hydrogens (tertiary/aromatic N) is 4. The summed E-state index contributed by atoms with van der Waals surface area (Å²) in [5.41, 5.74) is 0.880. The molecule has 22 heavy (non-hydrogen) atoms. The molecule has 6 heteroatoms. The zero-order valence-electron chi connectivity index (χ0n) is 12.5. The van der Waals surface area contributed by atoms with Gasteiger partial charge in [0.05, 0.1) is 0 Å². The molecule has 1 aromatic carbocycles. The first-order chi connectivity index (χ1) is 10.6. The van der Waals surface area contributed by atoms with Gasteiger partial charge in [0.2, 0.25) is 11.8 Å². The van der Waals surface area contributed by atoms with Gasteiger partial charge in [0.15, 0.2) is 0 Å². The van der Waals surface area contributed by atoms with Crippen molar-refractivity contribution in [1.82, 2.24) is 14.5 Å². The fourth-order valence-electron chi connectivity index (χ4n) is 2.58. The minimum absolute atomic E-state index is 0.0480. The average molecular weight is 298 g/mol. The van der Waals surface area contributed by atoms with E-state index in [1.807, 2.05) is 37.3 Å². The van der Waals surface area contributed by atoms with E-state index in [0.29, 0.717) is 13.1 Å². The molecule has 0 radical (unpaired) electrons. The molecule has 0 atom stereocenters. The highest BCUT2D eigenvalue weighted by Crippen LogP contribution is 2.16. The SMILES string of the molecule is Cc1nccn1CC(=O)N1CCN(c2ccccc2)C(=O)C1. The number of para-hydroxylation sites is 1. The van der Waals surface area contributed by atoms with Gasteiger partial charge in [-0.05, 0) is 19.1 Å². The van der Waals surface area contributed by atoms with Crippen molar-refractivity contribution in [3.63, 3.8) is 0 Å². The van der Waals surface area contributed by atoms with Gasteiger partial charge in [-0.1, -0.05) is 18.2 Å². The molecular formula is C16H18N4O2. The summed E-state index contributed by atoms with van der Waals surface area (Å²) in [6, 6.07) is 9.54. The smallest absolute Gasteiger partial charge is 0.246 e. The topological polar surface area (TPSA) is 58.4 Å². The molecule has 1 aliphatic rings. The van der Waals surface area contributed by atoms with Crippen LogP contribution in [0.15, 0.2) is 42.7 Å². The molecule has 1 aliphatic heterocycles. The van der Waals surface area contributed by atoms with E-state index in [4.69, 9.17) is 0 Å². The van der Waals surface area contributed by atoms with Crippen molar-refractivity contribution >= 4 is 17.5 Å². The Hall–Kier alpha value is -2.63. The Balaban J connectivity index is 1.64. The van der Waals surface area contributed by atoms with Gasteiger partial charge in [-0.2, -0.15) is 0 Å². The van der Waals surface area contributed by atoms with E-state index in [1.54, 1.807) is 26.8 Å². The van der Waals surface area contributed by atoms with Crippen molar-refractivity contribution in [2.45, 2.75) is 13.5 Å². The van der Waals surface area contributed by atoms with E-state index >= 15 is 0 Å². The third kappa shape index (κ3) is 2.86. The van der Waals surface area contributed by atoms with E-state index in [1.165, 1.54) is 0 Å². The Kier molecular flexibility index (Phi) is 3.91. The number of anilines is 1. The van der Waals surface area contributed by atoms with E-state index in [0.717, 1.165) is 11.5 Å². The summed E-state index contributed by atoms with van der Waals surface area (Å²) in [5.74, 6) is 0.693. The van der Waals surface area contributed by atoms with Crippen LogP contribution in [0.3, 0.4) is 0 Å². The van der Waals surface area contributed by atoms with Crippen LogP contribution < -0.4 is 4.90 Å². The molecule has 0 unspecified atom stereocenters. The van der Waals surface area contributed by atoms with Gasteiger partial charge in [0, 0.05) is 31.2 Å². The molecule has 6 nitrogen and oxygen atoms in total. The fraction of sp³-hybridized carbons (Fsp3) is 0.312. The van der Waals surface area contributed by atoms with Crippen LogP contribution in [-0.2, 0) is 16.1 Å². The number of carbonyl (C=O) groups is 2. The molecule has 2 heterocycles. The highest BCUT2D eigenvalue weighted by Gasteiger charge is 2.27. The van der Waals surface area contributed by atoms with Crippen molar-refractivity contribution in [1.29, 1.82) is 0 Å². The summed E-state index contributed by atoms with van der Waals surface area (Å²) >= 11 is 0. The van der Waals surface area contributed by atoms with Crippen molar-refractivity contribution in [2.75, 3.05) is 24.5 Å². The first kappa shape index (κ1) is 14.3. The fourth-order valence-corrected chi connectivity index (χ4v) is 2.58. The summed E-state index contributed by atoms with van der Waals surface area (Å²) in [6.07, 6.45) is 3.44. The summed E-state index contributed by atoms with van der Waals surface area (Å²) in [4.78, 5) is 32.0. The van der Waals surface area contributed by atoms with Crippen LogP contribution in [0.4, 0.5) is 5.69 Å². The first-order valence-electron chi connectivity index (χ1n) is 7.26. The molecular weight excluding hydrogens is 280 g/mol. The number of rotatable bonds is 3. The van der Waals surface area contributed by atoms with E-state index in [-0.39, 0.29) is 24.9 Å². The molecule has 2 aromatic rings.